The van der Waals surface area contributed by atoms with Crippen molar-refractivity contribution >= 4 is 11.5 Å². The number of ketones is 1. The highest BCUT2D eigenvalue weighted by Gasteiger charge is 2.14. The van der Waals surface area contributed by atoms with Gasteiger partial charge in [-0.2, -0.15) is 0 Å². The van der Waals surface area contributed by atoms with E-state index in [2.05, 4.69) is 15.3 Å². The molecule has 0 radical (unpaired) electrons. The molecule has 8 nitrogen and oxygen atoms in total. The fourth-order valence-electron chi connectivity index (χ4n) is 3.18. The van der Waals surface area contributed by atoms with E-state index >= 15 is 0 Å². The summed E-state index contributed by atoms with van der Waals surface area (Å²) in [6.45, 7) is 3.30. The van der Waals surface area contributed by atoms with E-state index in [1.807, 2.05) is 31.3 Å². The molecule has 0 aliphatic rings. The summed E-state index contributed by atoms with van der Waals surface area (Å²) in [5, 5.41) is 3.09. The summed E-state index contributed by atoms with van der Waals surface area (Å²) in [5.41, 5.74) is 10.1. The number of nitrogens with zero attached hydrogens (tertiary/aromatic N) is 3. The molecule has 8 heteroatoms. The van der Waals surface area contributed by atoms with Gasteiger partial charge in [0.2, 0.25) is 5.78 Å². The maximum atomic E-state index is 12.9. The van der Waals surface area contributed by atoms with Crippen LogP contribution < -0.4 is 16.6 Å². The smallest absolute Gasteiger partial charge is 0.250 e. The number of allylic oxidation sites excluding steroid dienone is 1. The Labute approximate surface area is 186 Å². The topological polar surface area (TPSA) is 112 Å². The highest BCUT2D eigenvalue weighted by atomic mass is 16.5. The molecule has 0 aliphatic carbocycles. The number of nitrogens with one attached hydrogen (secondary N) is 1. The van der Waals surface area contributed by atoms with Crippen LogP contribution in [0.25, 0.3) is 17.0 Å². The number of methoxy groups -OCH3 is 1. The Bertz CT molecular complexity index is 1180. The molecule has 0 spiro atoms. The summed E-state index contributed by atoms with van der Waals surface area (Å²) in [6.07, 6.45) is 4.64. The van der Waals surface area contributed by atoms with Gasteiger partial charge >= 0.3 is 0 Å². The zero-order valence-corrected chi connectivity index (χ0v) is 18.5. The molecule has 3 rings (SSSR count). The number of carbonyl (C=O) groups is 1. The van der Waals surface area contributed by atoms with Crippen LogP contribution in [0.2, 0.25) is 0 Å². The van der Waals surface area contributed by atoms with E-state index < -0.39 is 0 Å². The minimum absolute atomic E-state index is 0.140. The molecule has 0 fully saturated rings. The number of benzene rings is 1. The average molecular weight is 434 g/mol. The summed E-state index contributed by atoms with van der Waals surface area (Å²) in [7, 11) is 3.46. The van der Waals surface area contributed by atoms with Gasteiger partial charge in [0.05, 0.1) is 24.2 Å². The van der Waals surface area contributed by atoms with Crippen LogP contribution in [0.15, 0.2) is 59.7 Å². The third-order valence-electron chi connectivity index (χ3n) is 4.96. The zero-order valence-electron chi connectivity index (χ0n) is 18.5. The molecule has 3 N–H and O–H groups in total. The predicted octanol–water partition coefficient (Wildman–Crippen LogP) is 2.16. The fourth-order valence-corrected chi connectivity index (χ4v) is 3.18. The normalized spacial score (nSPS) is 11.5. The molecule has 0 bridgehead atoms. The number of aryl methyl sites for hydroxylation is 1. The van der Waals surface area contributed by atoms with Crippen molar-refractivity contribution in [3.05, 3.63) is 87.7 Å². The first-order chi connectivity index (χ1) is 15.4. The second-order valence-electron chi connectivity index (χ2n) is 7.32. The molecule has 0 atom stereocenters. The van der Waals surface area contributed by atoms with Crippen molar-refractivity contribution in [2.24, 2.45) is 5.73 Å². The van der Waals surface area contributed by atoms with Crippen LogP contribution in [0.5, 0.6) is 0 Å². The van der Waals surface area contributed by atoms with Crippen molar-refractivity contribution in [1.29, 1.82) is 0 Å². The Kier molecular flexibility index (Phi) is 7.64. The third-order valence-corrected chi connectivity index (χ3v) is 4.96. The molecule has 0 saturated carbocycles. The number of pyridine rings is 1. The van der Waals surface area contributed by atoms with Crippen LogP contribution in [0.1, 0.15) is 27.3 Å². The molecular weight excluding hydrogens is 406 g/mol. The van der Waals surface area contributed by atoms with E-state index in [1.54, 1.807) is 32.5 Å². The van der Waals surface area contributed by atoms with Crippen molar-refractivity contribution in [3.8, 4) is 11.3 Å². The minimum atomic E-state index is -0.332. The average Bonchev–Trinajstić information content (AvgIpc) is 2.79. The number of aromatic nitrogens is 3. The van der Waals surface area contributed by atoms with Crippen molar-refractivity contribution in [2.45, 2.75) is 20.0 Å². The lowest BCUT2D eigenvalue weighted by Gasteiger charge is -2.09. The molecule has 166 valence electrons. The van der Waals surface area contributed by atoms with Crippen LogP contribution in [0.3, 0.4) is 0 Å². The molecule has 2 aromatic heterocycles. The maximum absolute atomic E-state index is 12.9. The Morgan fingerprint density at radius 3 is 2.66 bits per heavy atom. The largest absolute Gasteiger partial charge is 0.398 e. The molecule has 0 aliphatic heterocycles. The van der Waals surface area contributed by atoms with Gasteiger partial charge in [-0.25, -0.2) is 4.98 Å². The van der Waals surface area contributed by atoms with Gasteiger partial charge in [0.25, 0.3) is 5.56 Å². The van der Waals surface area contributed by atoms with Crippen LogP contribution in [-0.2, 0) is 17.8 Å². The minimum Gasteiger partial charge on any atom is -0.398 e. The van der Waals surface area contributed by atoms with Crippen molar-refractivity contribution < 1.29 is 9.53 Å². The summed E-state index contributed by atoms with van der Waals surface area (Å²) in [5.74, 6) is -0.332. The zero-order chi connectivity index (χ0) is 23.1. The van der Waals surface area contributed by atoms with Crippen LogP contribution in [-0.4, -0.2) is 41.1 Å². The van der Waals surface area contributed by atoms with E-state index in [0.717, 1.165) is 17.7 Å². The number of hydrogen-bond acceptors (Lipinski definition) is 7. The molecule has 0 unspecified atom stereocenters. The Morgan fingerprint density at radius 1 is 1.22 bits per heavy atom. The standard InChI is InChI=1S/C24H27N5O3/c1-16-24(22(30)12-20(25)18-6-4-17(5-7-18)13-26-2)28-21(14-27-16)19-8-9-23(31)29(15-19)10-11-32-3/h4-9,12,14-15,26H,10-11,13,25H2,1-3H3/b20-12-. The first-order valence-corrected chi connectivity index (χ1v) is 10.2. The number of rotatable bonds is 9. The van der Waals surface area contributed by atoms with E-state index in [0.29, 0.717) is 35.8 Å². The Hall–Kier alpha value is -3.62. The van der Waals surface area contributed by atoms with Gasteiger partial charge in [0, 0.05) is 49.8 Å². The monoisotopic (exact) mass is 433 g/mol. The van der Waals surface area contributed by atoms with Gasteiger partial charge in [-0.05, 0) is 31.2 Å². The van der Waals surface area contributed by atoms with Gasteiger partial charge in [0.15, 0.2) is 0 Å². The molecule has 0 saturated heterocycles. The second kappa shape index (κ2) is 10.6. The van der Waals surface area contributed by atoms with Crippen LogP contribution >= 0.6 is 0 Å². The van der Waals surface area contributed by atoms with E-state index in [1.165, 1.54) is 16.7 Å². The molecular formula is C24H27N5O3. The number of ether oxygens (including phenoxy) is 1. The first kappa shape index (κ1) is 23.1. The van der Waals surface area contributed by atoms with Crippen molar-refractivity contribution in [3.63, 3.8) is 0 Å². The Morgan fingerprint density at radius 2 is 1.97 bits per heavy atom. The SMILES string of the molecule is CNCc1ccc(/C(N)=C/C(=O)c2nc(-c3ccc(=O)n(CCOC)c3)cnc2C)cc1. The van der Waals surface area contributed by atoms with Crippen LogP contribution in [0, 0.1) is 6.92 Å². The maximum Gasteiger partial charge on any atom is 0.250 e. The number of nitrogens with two attached hydrogens (primary N) is 1. The lowest BCUT2D eigenvalue weighted by molar-refractivity contribution is 0.104. The highest BCUT2D eigenvalue weighted by Crippen LogP contribution is 2.18. The molecule has 0 amide bonds. The first-order valence-electron chi connectivity index (χ1n) is 10.2. The summed E-state index contributed by atoms with van der Waals surface area (Å²) >= 11 is 0. The second-order valence-corrected chi connectivity index (χ2v) is 7.32. The Balaban J connectivity index is 1.89. The molecule has 2 heterocycles. The fraction of sp³-hybridized carbons (Fsp3) is 0.250. The quantitative estimate of drug-likeness (QED) is 0.393. The number of hydrogen-bond donors (Lipinski definition) is 2. The number of carbonyl (C=O) groups excluding carboxylic acids is 1. The lowest BCUT2D eigenvalue weighted by Crippen LogP contribution is -2.20. The van der Waals surface area contributed by atoms with Crippen LogP contribution in [0.4, 0.5) is 0 Å². The molecule has 3 aromatic rings. The van der Waals surface area contributed by atoms with Gasteiger partial charge in [-0.1, -0.05) is 24.3 Å². The summed E-state index contributed by atoms with van der Waals surface area (Å²) in [6, 6.07) is 10.8. The van der Waals surface area contributed by atoms with E-state index in [-0.39, 0.29) is 17.0 Å². The summed E-state index contributed by atoms with van der Waals surface area (Å²) < 4.78 is 6.59. The van der Waals surface area contributed by atoms with Crippen molar-refractivity contribution in [2.75, 3.05) is 20.8 Å². The van der Waals surface area contributed by atoms with E-state index in [9.17, 15) is 9.59 Å². The van der Waals surface area contributed by atoms with E-state index in [4.69, 9.17) is 10.5 Å². The predicted molar refractivity (Wildman–Crippen MR) is 124 cm³/mol. The molecule has 32 heavy (non-hydrogen) atoms. The summed E-state index contributed by atoms with van der Waals surface area (Å²) in [4.78, 5) is 33.8. The lowest BCUT2D eigenvalue weighted by atomic mass is 10.1. The van der Waals surface area contributed by atoms with Crippen molar-refractivity contribution in [1.82, 2.24) is 19.9 Å². The highest BCUT2D eigenvalue weighted by molar-refractivity contribution is 6.07. The third kappa shape index (κ3) is 5.54. The molecule has 1 aromatic carbocycles. The van der Waals surface area contributed by atoms with Gasteiger partial charge < -0.3 is 20.4 Å². The van der Waals surface area contributed by atoms with Gasteiger partial charge in [-0.3, -0.25) is 14.6 Å². The van der Waals surface area contributed by atoms with Gasteiger partial charge in [0.1, 0.15) is 5.69 Å². The van der Waals surface area contributed by atoms with Gasteiger partial charge in [-0.15, -0.1) is 0 Å².